The number of aryl methyl sites for hydroxylation is 2. The van der Waals surface area contributed by atoms with Crippen molar-refractivity contribution in [2.75, 3.05) is 20.3 Å². The van der Waals surface area contributed by atoms with Gasteiger partial charge >= 0.3 is 0 Å². The van der Waals surface area contributed by atoms with Crippen molar-refractivity contribution < 1.29 is 4.74 Å². The lowest BCUT2D eigenvalue weighted by Crippen LogP contribution is -2.32. The van der Waals surface area contributed by atoms with E-state index < -0.39 is 0 Å². The molecule has 0 spiro atoms. The highest BCUT2D eigenvalue weighted by Crippen LogP contribution is 2.20. The van der Waals surface area contributed by atoms with E-state index in [0.29, 0.717) is 11.8 Å². The lowest BCUT2D eigenvalue weighted by molar-refractivity contribution is 0.125. The topological polar surface area (TPSA) is 39.1 Å². The molecule has 0 saturated heterocycles. The molecule has 0 amide bonds. The molecule has 1 aromatic heterocycles. The molecule has 1 atom stereocenters. The summed E-state index contributed by atoms with van der Waals surface area (Å²) < 4.78 is 7.12. The molecule has 0 bridgehead atoms. The van der Waals surface area contributed by atoms with Gasteiger partial charge in [0.25, 0.3) is 0 Å². The van der Waals surface area contributed by atoms with Crippen LogP contribution in [0.25, 0.3) is 0 Å². The van der Waals surface area contributed by atoms with Gasteiger partial charge in [-0.25, -0.2) is 0 Å². The third kappa shape index (κ3) is 3.20. The number of aromatic nitrogens is 2. The quantitative estimate of drug-likeness (QED) is 0.827. The van der Waals surface area contributed by atoms with E-state index >= 15 is 0 Å². The predicted molar refractivity (Wildman–Crippen MR) is 66.0 cm³/mol. The van der Waals surface area contributed by atoms with Gasteiger partial charge in [0, 0.05) is 25.3 Å². The summed E-state index contributed by atoms with van der Waals surface area (Å²) in [5.74, 6) is 0. The zero-order valence-corrected chi connectivity index (χ0v) is 11.1. The van der Waals surface area contributed by atoms with E-state index in [4.69, 9.17) is 16.3 Å². The van der Waals surface area contributed by atoms with Crippen LogP contribution in [0.3, 0.4) is 0 Å². The first-order chi connectivity index (χ1) is 7.60. The molecule has 1 unspecified atom stereocenters. The second-order valence-corrected chi connectivity index (χ2v) is 4.19. The molecule has 1 heterocycles. The monoisotopic (exact) mass is 245 g/mol. The van der Waals surface area contributed by atoms with Crippen LogP contribution in [0, 0.1) is 6.92 Å². The van der Waals surface area contributed by atoms with E-state index in [9.17, 15) is 0 Å². The molecule has 5 heteroatoms. The molecule has 0 radical (unpaired) electrons. The van der Waals surface area contributed by atoms with Gasteiger partial charge < -0.3 is 10.1 Å². The molecule has 0 aliphatic carbocycles. The Balaban J connectivity index is 2.69. The lowest BCUT2D eigenvalue weighted by Gasteiger charge is -2.15. The first-order valence-electron chi connectivity index (χ1n) is 5.53. The number of rotatable bonds is 6. The van der Waals surface area contributed by atoms with Crippen molar-refractivity contribution in [1.82, 2.24) is 15.1 Å². The summed E-state index contributed by atoms with van der Waals surface area (Å²) in [6.07, 6.45) is 0.842. The van der Waals surface area contributed by atoms with Gasteiger partial charge in [-0.05, 0) is 27.3 Å². The van der Waals surface area contributed by atoms with Crippen molar-refractivity contribution in [1.29, 1.82) is 0 Å². The maximum atomic E-state index is 6.18. The SMILES string of the molecule is CCOCC(Cc1c(C)nn(C)c1Cl)NC. The summed E-state index contributed by atoms with van der Waals surface area (Å²) in [6.45, 7) is 5.40. The molecule has 92 valence electrons. The molecule has 16 heavy (non-hydrogen) atoms. The van der Waals surface area contributed by atoms with E-state index in [0.717, 1.165) is 24.3 Å². The van der Waals surface area contributed by atoms with Crippen molar-refractivity contribution in [3.63, 3.8) is 0 Å². The van der Waals surface area contributed by atoms with Crippen LogP contribution in [0.1, 0.15) is 18.2 Å². The number of nitrogens with zero attached hydrogens (tertiary/aromatic N) is 2. The van der Waals surface area contributed by atoms with Gasteiger partial charge in [-0.15, -0.1) is 0 Å². The fourth-order valence-corrected chi connectivity index (χ4v) is 1.91. The minimum absolute atomic E-state index is 0.278. The van der Waals surface area contributed by atoms with E-state index in [2.05, 4.69) is 10.4 Å². The molecule has 1 aromatic rings. The number of halogens is 1. The third-order valence-electron chi connectivity index (χ3n) is 2.65. The van der Waals surface area contributed by atoms with Crippen molar-refractivity contribution in [2.24, 2.45) is 7.05 Å². The zero-order chi connectivity index (χ0) is 12.1. The summed E-state index contributed by atoms with van der Waals surface area (Å²) >= 11 is 6.18. The molecule has 0 aromatic carbocycles. The standard InChI is InChI=1S/C11H20ClN3O/c1-5-16-7-9(13-3)6-10-8(2)14-15(4)11(10)12/h9,13H,5-7H2,1-4H3. The second kappa shape index (κ2) is 6.23. The maximum absolute atomic E-state index is 6.18. The maximum Gasteiger partial charge on any atom is 0.130 e. The van der Waals surface area contributed by atoms with Crippen molar-refractivity contribution in [2.45, 2.75) is 26.3 Å². The second-order valence-electron chi connectivity index (χ2n) is 3.83. The average Bonchev–Trinajstić information content (AvgIpc) is 2.50. The fourth-order valence-electron chi connectivity index (χ4n) is 1.66. The molecule has 1 N–H and O–H groups in total. The summed E-state index contributed by atoms with van der Waals surface area (Å²) in [7, 11) is 3.79. The van der Waals surface area contributed by atoms with Gasteiger partial charge in [-0.2, -0.15) is 5.10 Å². The Kier molecular flexibility index (Phi) is 5.25. The average molecular weight is 246 g/mol. The van der Waals surface area contributed by atoms with E-state index in [1.807, 2.05) is 27.9 Å². The number of hydrogen-bond donors (Lipinski definition) is 1. The molecule has 0 aliphatic heterocycles. The Labute approximate surface area is 102 Å². The van der Waals surface area contributed by atoms with Gasteiger partial charge in [0.1, 0.15) is 5.15 Å². The number of nitrogens with one attached hydrogen (secondary N) is 1. The summed E-state index contributed by atoms with van der Waals surface area (Å²) in [5, 5.41) is 8.24. The van der Waals surface area contributed by atoms with Crippen LogP contribution in [0.2, 0.25) is 5.15 Å². The molecule has 0 fully saturated rings. The summed E-state index contributed by atoms with van der Waals surface area (Å²) in [5.41, 5.74) is 2.09. The minimum atomic E-state index is 0.278. The van der Waals surface area contributed by atoms with Crippen molar-refractivity contribution in [3.05, 3.63) is 16.4 Å². The first kappa shape index (κ1) is 13.5. The lowest BCUT2D eigenvalue weighted by atomic mass is 10.1. The highest BCUT2D eigenvalue weighted by molar-refractivity contribution is 6.30. The Hall–Kier alpha value is -0.580. The number of hydrogen-bond acceptors (Lipinski definition) is 3. The molecule has 0 aliphatic rings. The minimum Gasteiger partial charge on any atom is -0.380 e. The van der Waals surface area contributed by atoms with E-state index in [1.54, 1.807) is 4.68 Å². The molecule has 1 rings (SSSR count). The predicted octanol–water partition coefficient (Wildman–Crippen LogP) is 1.55. The molecule has 4 nitrogen and oxygen atoms in total. The van der Waals surface area contributed by atoms with Gasteiger partial charge in [0.2, 0.25) is 0 Å². The van der Waals surface area contributed by atoms with Crippen LogP contribution in [-0.4, -0.2) is 36.1 Å². The first-order valence-corrected chi connectivity index (χ1v) is 5.90. The van der Waals surface area contributed by atoms with Gasteiger partial charge in [-0.3, -0.25) is 4.68 Å². The highest BCUT2D eigenvalue weighted by atomic mass is 35.5. The van der Waals surface area contributed by atoms with Gasteiger partial charge in [0.05, 0.1) is 12.3 Å². The Morgan fingerprint density at radius 3 is 2.69 bits per heavy atom. The molecular formula is C11H20ClN3O. The Bertz CT molecular complexity index is 338. The third-order valence-corrected chi connectivity index (χ3v) is 3.12. The van der Waals surface area contributed by atoms with E-state index in [1.165, 1.54) is 0 Å². The van der Waals surface area contributed by atoms with Crippen molar-refractivity contribution in [3.8, 4) is 0 Å². The van der Waals surface area contributed by atoms with Crippen LogP contribution in [-0.2, 0) is 18.2 Å². The molecular weight excluding hydrogens is 226 g/mol. The van der Waals surface area contributed by atoms with Crippen LogP contribution in [0.15, 0.2) is 0 Å². The highest BCUT2D eigenvalue weighted by Gasteiger charge is 2.15. The summed E-state index contributed by atoms with van der Waals surface area (Å²) in [6, 6.07) is 0.278. The smallest absolute Gasteiger partial charge is 0.130 e. The Morgan fingerprint density at radius 1 is 1.56 bits per heavy atom. The fraction of sp³-hybridized carbons (Fsp3) is 0.727. The number of likely N-dealkylation sites (N-methyl/N-ethyl adjacent to an activating group) is 1. The normalized spacial score (nSPS) is 13.1. The van der Waals surface area contributed by atoms with Crippen LogP contribution in [0.5, 0.6) is 0 Å². The Morgan fingerprint density at radius 2 is 2.25 bits per heavy atom. The van der Waals surface area contributed by atoms with Crippen molar-refractivity contribution >= 4 is 11.6 Å². The zero-order valence-electron chi connectivity index (χ0n) is 10.4. The van der Waals surface area contributed by atoms with Gasteiger partial charge in [-0.1, -0.05) is 11.6 Å². The van der Waals surface area contributed by atoms with E-state index in [-0.39, 0.29) is 6.04 Å². The number of ether oxygens (including phenoxy) is 1. The van der Waals surface area contributed by atoms with Crippen LogP contribution < -0.4 is 5.32 Å². The summed E-state index contributed by atoms with van der Waals surface area (Å²) in [4.78, 5) is 0. The molecule has 0 saturated carbocycles. The van der Waals surface area contributed by atoms with Gasteiger partial charge in [0.15, 0.2) is 0 Å². The van der Waals surface area contributed by atoms with Crippen LogP contribution >= 0.6 is 11.6 Å². The largest absolute Gasteiger partial charge is 0.380 e. The van der Waals surface area contributed by atoms with Crippen LogP contribution in [0.4, 0.5) is 0 Å².